The van der Waals surface area contributed by atoms with E-state index in [-0.39, 0.29) is 5.91 Å². The maximum atomic E-state index is 10.7. The summed E-state index contributed by atoms with van der Waals surface area (Å²) < 4.78 is 0. The molecule has 1 heterocycles. The fourth-order valence-corrected chi connectivity index (χ4v) is 2.31. The van der Waals surface area contributed by atoms with Gasteiger partial charge in [-0.05, 0) is 37.1 Å². The van der Waals surface area contributed by atoms with E-state index in [0.717, 1.165) is 12.1 Å². The summed E-state index contributed by atoms with van der Waals surface area (Å²) in [5.41, 5.74) is 7.56. The van der Waals surface area contributed by atoms with Gasteiger partial charge in [-0.15, -0.1) is 0 Å². The highest BCUT2D eigenvalue weighted by Gasteiger charge is 2.11. The van der Waals surface area contributed by atoms with Crippen molar-refractivity contribution in [3.63, 3.8) is 0 Å². The molecule has 0 aliphatic carbocycles. The van der Waals surface area contributed by atoms with Crippen LogP contribution >= 0.6 is 0 Å². The van der Waals surface area contributed by atoms with Crippen LogP contribution in [0.4, 0.5) is 0 Å². The van der Waals surface area contributed by atoms with Gasteiger partial charge >= 0.3 is 0 Å². The monoisotopic (exact) mass is 244 g/mol. The molecule has 0 saturated carbocycles. The Morgan fingerprint density at radius 2 is 2.11 bits per heavy atom. The number of nitrogens with two attached hydrogens (primary N) is 1. The lowest BCUT2D eigenvalue weighted by Gasteiger charge is -2.14. The molecular formula is C15H20N2O. The van der Waals surface area contributed by atoms with E-state index in [9.17, 15) is 4.79 Å². The van der Waals surface area contributed by atoms with Crippen LogP contribution in [0, 0.1) is 0 Å². The summed E-state index contributed by atoms with van der Waals surface area (Å²) in [6.07, 6.45) is 6.71. The Bertz CT molecular complexity index is 434. The van der Waals surface area contributed by atoms with Crippen molar-refractivity contribution >= 4 is 12.0 Å². The van der Waals surface area contributed by atoms with Gasteiger partial charge in [-0.1, -0.05) is 36.4 Å². The first-order chi connectivity index (χ1) is 8.74. The van der Waals surface area contributed by atoms with Gasteiger partial charge in [0.15, 0.2) is 0 Å². The van der Waals surface area contributed by atoms with Crippen LogP contribution in [0.15, 0.2) is 30.3 Å². The van der Waals surface area contributed by atoms with E-state index in [1.54, 1.807) is 0 Å². The summed E-state index contributed by atoms with van der Waals surface area (Å²) in [4.78, 5) is 13.1. The second-order valence-corrected chi connectivity index (χ2v) is 4.80. The van der Waals surface area contributed by atoms with Crippen molar-refractivity contribution in [2.75, 3.05) is 13.1 Å². The highest BCUT2D eigenvalue weighted by atomic mass is 16.1. The van der Waals surface area contributed by atoms with Crippen molar-refractivity contribution in [3.05, 3.63) is 41.5 Å². The van der Waals surface area contributed by atoms with Crippen molar-refractivity contribution in [2.45, 2.75) is 25.8 Å². The summed E-state index contributed by atoms with van der Waals surface area (Å²) in [6.45, 7) is 3.45. The fourth-order valence-electron chi connectivity index (χ4n) is 2.31. The molecule has 1 aromatic carbocycles. The Hall–Kier alpha value is -1.61. The van der Waals surface area contributed by atoms with E-state index >= 15 is 0 Å². The molecule has 0 atom stereocenters. The first-order valence-corrected chi connectivity index (χ1v) is 6.50. The van der Waals surface area contributed by atoms with Crippen LogP contribution in [0.25, 0.3) is 6.08 Å². The topological polar surface area (TPSA) is 46.3 Å². The van der Waals surface area contributed by atoms with Crippen LogP contribution in [0.3, 0.4) is 0 Å². The first kappa shape index (κ1) is 12.8. The summed E-state index contributed by atoms with van der Waals surface area (Å²) in [5, 5.41) is 0. The average molecular weight is 244 g/mol. The minimum atomic E-state index is -0.292. The number of hydrogen-bond acceptors (Lipinski definition) is 2. The zero-order chi connectivity index (χ0) is 12.8. The third-order valence-corrected chi connectivity index (χ3v) is 3.19. The second kappa shape index (κ2) is 6.36. The van der Waals surface area contributed by atoms with Gasteiger partial charge in [0.1, 0.15) is 0 Å². The van der Waals surface area contributed by atoms with Gasteiger partial charge in [-0.25, -0.2) is 0 Å². The molecule has 1 fully saturated rings. The number of amides is 1. The number of carbonyl (C=O) groups excluding carboxylic acids is 1. The summed E-state index contributed by atoms with van der Waals surface area (Å²) in [7, 11) is 0. The predicted octanol–water partition coefficient (Wildman–Crippen LogP) is 2.17. The van der Waals surface area contributed by atoms with Crippen LogP contribution < -0.4 is 5.73 Å². The molecule has 96 valence electrons. The van der Waals surface area contributed by atoms with Crippen molar-refractivity contribution < 1.29 is 4.79 Å². The lowest BCUT2D eigenvalue weighted by Crippen LogP contribution is -2.18. The summed E-state index contributed by atoms with van der Waals surface area (Å²) >= 11 is 0. The molecule has 0 radical (unpaired) electrons. The quantitative estimate of drug-likeness (QED) is 0.863. The Morgan fingerprint density at radius 1 is 1.33 bits per heavy atom. The molecular weight excluding hydrogens is 224 g/mol. The normalized spacial score (nSPS) is 16.4. The Kier molecular flexibility index (Phi) is 4.53. The molecule has 1 amide bonds. The molecule has 1 aromatic rings. The van der Waals surface area contributed by atoms with Gasteiger partial charge in [0.2, 0.25) is 5.91 Å². The predicted molar refractivity (Wildman–Crippen MR) is 73.8 cm³/mol. The van der Waals surface area contributed by atoms with Gasteiger partial charge in [0.05, 0.1) is 0 Å². The number of hydrogen-bond donors (Lipinski definition) is 1. The maximum absolute atomic E-state index is 10.7. The van der Waals surface area contributed by atoms with E-state index < -0.39 is 0 Å². The van der Waals surface area contributed by atoms with Crippen LogP contribution in [0.2, 0.25) is 0 Å². The van der Waals surface area contributed by atoms with Crippen LogP contribution in [-0.2, 0) is 11.3 Å². The molecule has 3 nitrogen and oxygen atoms in total. The number of rotatable bonds is 5. The van der Waals surface area contributed by atoms with Gasteiger partial charge in [0.25, 0.3) is 0 Å². The highest BCUT2D eigenvalue weighted by molar-refractivity contribution is 5.76. The molecule has 0 aromatic heterocycles. The Balaban J connectivity index is 1.95. The van der Waals surface area contributed by atoms with Gasteiger partial charge in [-0.3, -0.25) is 9.69 Å². The van der Waals surface area contributed by atoms with Crippen LogP contribution in [0.5, 0.6) is 0 Å². The molecule has 1 aliphatic rings. The number of carbonyl (C=O) groups is 1. The highest BCUT2D eigenvalue weighted by Crippen LogP contribution is 2.14. The van der Waals surface area contributed by atoms with Gasteiger partial charge in [-0.2, -0.15) is 0 Å². The SMILES string of the molecule is NC(=O)CC=Cc1cccc(CN2CCCC2)c1. The smallest absolute Gasteiger partial charge is 0.221 e. The molecule has 1 aliphatic heterocycles. The van der Waals surface area contributed by atoms with E-state index in [1.165, 1.54) is 31.5 Å². The van der Waals surface area contributed by atoms with Crippen LogP contribution in [-0.4, -0.2) is 23.9 Å². The van der Waals surface area contributed by atoms with E-state index in [4.69, 9.17) is 5.73 Å². The van der Waals surface area contributed by atoms with Crippen molar-refractivity contribution in [1.82, 2.24) is 4.90 Å². The summed E-state index contributed by atoms with van der Waals surface area (Å²) in [5.74, 6) is -0.292. The molecule has 3 heteroatoms. The molecule has 2 rings (SSSR count). The molecule has 0 bridgehead atoms. The Labute approximate surface area is 108 Å². The second-order valence-electron chi connectivity index (χ2n) is 4.80. The molecule has 2 N–H and O–H groups in total. The maximum Gasteiger partial charge on any atom is 0.221 e. The number of primary amides is 1. The van der Waals surface area contributed by atoms with E-state index in [1.807, 2.05) is 18.2 Å². The summed E-state index contributed by atoms with van der Waals surface area (Å²) in [6, 6.07) is 8.44. The van der Waals surface area contributed by atoms with Gasteiger partial charge in [0, 0.05) is 13.0 Å². The zero-order valence-corrected chi connectivity index (χ0v) is 10.6. The third kappa shape index (κ3) is 4.00. The van der Waals surface area contributed by atoms with Crippen molar-refractivity contribution in [3.8, 4) is 0 Å². The molecule has 18 heavy (non-hydrogen) atoms. The number of likely N-dealkylation sites (tertiary alicyclic amines) is 1. The minimum absolute atomic E-state index is 0.292. The number of benzene rings is 1. The van der Waals surface area contributed by atoms with Crippen molar-refractivity contribution in [1.29, 1.82) is 0 Å². The fraction of sp³-hybridized carbons (Fsp3) is 0.400. The van der Waals surface area contributed by atoms with Crippen molar-refractivity contribution in [2.24, 2.45) is 5.73 Å². The lowest BCUT2D eigenvalue weighted by atomic mass is 10.1. The number of nitrogens with zero attached hydrogens (tertiary/aromatic N) is 1. The average Bonchev–Trinajstić information content (AvgIpc) is 2.82. The largest absolute Gasteiger partial charge is 0.369 e. The van der Waals surface area contributed by atoms with E-state index in [2.05, 4.69) is 23.1 Å². The zero-order valence-electron chi connectivity index (χ0n) is 10.6. The van der Waals surface area contributed by atoms with Crippen LogP contribution in [0.1, 0.15) is 30.4 Å². The molecule has 0 unspecified atom stereocenters. The minimum Gasteiger partial charge on any atom is -0.369 e. The van der Waals surface area contributed by atoms with E-state index in [0.29, 0.717) is 6.42 Å². The first-order valence-electron chi connectivity index (χ1n) is 6.50. The Morgan fingerprint density at radius 3 is 2.83 bits per heavy atom. The van der Waals surface area contributed by atoms with Gasteiger partial charge < -0.3 is 5.73 Å². The third-order valence-electron chi connectivity index (χ3n) is 3.19. The molecule has 1 saturated heterocycles. The standard InChI is InChI=1S/C15H20N2O/c16-15(18)8-4-6-13-5-3-7-14(11-13)12-17-9-1-2-10-17/h3-7,11H,1-2,8-10,12H2,(H2,16,18). The lowest BCUT2D eigenvalue weighted by molar-refractivity contribution is -0.117. The molecule has 0 spiro atoms.